The van der Waals surface area contributed by atoms with Gasteiger partial charge in [-0.15, -0.1) is 0 Å². The predicted octanol–water partition coefficient (Wildman–Crippen LogP) is 2.99. The number of sulfonamides is 1. The van der Waals surface area contributed by atoms with Crippen molar-refractivity contribution in [1.82, 2.24) is 14.7 Å². The van der Waals surface area contributed by atoms with Gasteiger partial charge in [-0.05, 0) is 36.5 Å². The summed E-state index contributed by atoms with van der Waals surface area (Å²) >= 11 is 6.95. The van der Waals surface area contributed by atoms with Crippen molar-refractivity contribution in [3.63, 3.8) is 0 Å². The lowest BCUT2D eigenvalue weighted by molar-refractivity contribution is 0.0730. The number of morpholine rings is 2. The maximum atomic E-state index is 12.8. The molecular formula is C25H28N6O4S3. The summed E-state index contributed by atoms with van der Waals surface area (Å²) in [6.45, 7) is 4.50. The number of hydrogen-bond acceptors (Lipinski definition) is 9. The second kappa shape index (κ2) is 12.3. The highest BCUT2D eigenvalue weighted by Crippen LogP contribution is 2.32. The Morgan fingerprint density at radius 3 is 2.32 bits per heavy atom. The number of nitrogens with one attached hydrogen (secondary N) is 2. The lowest BCUT2D eigenvalue weighted by Crippen LogP contribution is -2.40. The van der Waals surface area contributed by atoms with Crippen LogP contribution < -0.4 is 15.6 Å². The monoisotopic (exact) mass is 572 g/mol. The molecule has 0 spiro atoms. The second-order valence-corrected chi connectivity index (χ2v) is 11.9. The van der Waals surface area contributed by atoms with E-state index in [1.165, 1.54) is 4.31 Å². The molecule has 10 nitrogen and oxygen atoms in total. The number of hydrogen-bond donors (Lipinski definition) is 2. The molecule has 13 heteroatoms. The van der Waals surface area contributed by atoms with Gasteiger partial charge in [0.15, 0.2) is 10.2 Å². The molecule has 0 amide bonds. The predicted molar refractivity (Wildman–Crippen MR) is 154 cm³/mol. The molecule has 0 unspecified atom stereocenters. The van der Waals surface area contributed by atoms with Crippen molar-refractivity contribution in [3.05, 3.63) is 59.5 Å². The lowest BCUT2D eigenvalue weighted by atomic mass is 10.1. The van der Waals surface area contributed by atoms with Crippen LogP contribution in [0.5, 0.6) is 0 Å². The molecule has 0 atom stereocenters. The highest BCUT2D eigenvalue weighted by atomic mass is 32.2. The van der Waals surface area contributed by atoms with E-state index in [-0.39, 0.29) is 10.0 Å². The normalized spacial score (nSPS) is 17.0. The Morgan fingerprint density at radius 1 is 0.974 bits per heavy atom. The number of nitrogens with zero attached hydrogens (tertiary/aromatic N) is 4. The molecule has 5 rings (SSSR count). The van der Waals surface area contributed by atoms with Gasteiger partial charge in [0.25, 0.3) is 0 Å². The van der Waals surface area contributed by atoms with Crippen LogP contribution in [0.25, 0.3) is 11.3 Å². The molecule has 200 valence electrons. The fourth-order valence-electron chi connectivity index (χ4n) is 4.06. The SMILES string of the molecule is O=S(=O)(c1ccc(NC(=S)N/N=C\c2sc(N3CCOCC3)nc2-c2ccccc2)cc1)N1CCOCC1. The number of benzene rings is 2. The van der Waals surface area contributed by atoms with E-state index in [0.717, 1.165) is 34.4 Å². The van der Waals surface area contributed by atoms with Gasteiger partial charge in [0.2, 0.25) is 10.0 Å². The topological polar surface area (TPSA) is 108 Å². The average molecular weight is 573 g/mol. The number of rotatable bonds is 7. The molecule has 0 bridgehead atoms. The van der Waals surface area contributed by atoms with Crippen molar-refractivity contribution in [2.75, 3.05) is 62.8 Å². The zero-order valence-corrected chi connectivity index (χ0v) is 23.0. The van der Waals surface area contributed by atoms with E-state index in [0.29, 0.717) is 45.2 Å². The van der Waals surface area contributed by atoms with Crippen LogP contribution in [0, 0.1) is 0 Å². The van der Waals surface area contributed by atoms with E-state index in [9.17, 15) is 8.42 Å². The molecule has 2 aliphatic rings. The van der Waals surface area contributed by atoms with Gasteiger partial charge >= 0.3 is 0 Å². The maximum Gasteiger partial charge on any atom is 0.243 e. The Labute approximate surface area is 231 Å². The Morgan fingerprint density at radius 2 is 1.63 bits per heavy atom. The minimum atomic E-state index is -3.55. The van der Waals surface area contributed by atoms with Crippen LogP contribution in [0.3, 0.4) is 0 Å². The molecule has 1 aromatic heterocycles. The largest absolute Gasteiger partial charge is 0.379 e. The van der Waals surface area contributed by atoms with Crippen LogP contribution in [0.1, 0.15) is 4.88 Å². The summed E-state index contributed by atoms with van der Waals surface area (Å²) in [4.78, 5) is 8.26. The first-order valence-electron chi connectivity index (χ1n) is 12.2. The summed E-state index contributed by atoms with van der Waals surface area (Å²) in [5, 5.41) is 8.58. The quantitative estimate of drug-likeness (QED) is 0.251. The van der Waals surface area contributed by atoms with Gasteiger partial charge < -0.3 is 19.7 Å². The van der Waals surface area contributed by atoms with Crippen molar-refractivity contribution >= 4 is 55.7 Å². The van der Waals surface area contributed by atoms with Crippen molar-refractivity contribution < 1.29 is 17.9 Å². The van der Waals surface area contributed by atoms with Crippen molar-refractivity contribution in [1.29, 1.82) is 0 Å². The van der Waals surface area contributed by atoms with Crippen LogP contribution in [0.15, 0.2) is 64.6 Å². The van der Waals surface area contributed by atoms with Gasteiger partial charge in [-0.1, -0.05) is 41.7 Å². The molecule has 38 heavy (non-hydrogen) atoms. The third-order valence-electron chi connectivity index (χ3n) is 6.04. The standard InChI is InChI=1S/C25H28N6O4S3/c32-38(33,31-12-16-35-17-13-31)21-8-6-20(7-9-21)27-24(36)29-26-18-22-23(19-4-2-1-3-5-19)28-25(37-22)30-10-14-34-15-11-30/h1-9,18H,10-17H2,(H2,27,29,36)/b26-18-. The summed E-state index contributed by atoms with van der Waals surface area (Å²) in [6.07, 6.45) is 1.72. The highest BCUT2D eigenvalue weighted by molar-refractivity contribution is 7.89. The van der Waals surface area contributed by atoms with Crippen molar-refractivity contribution in [2.45, 2.75) is 4.90 Å². The summed E-state index contributed by atoms with van der Waals surface area (Å²) in [7, 11) is -3.55. The van der Waals surface area contributed by atoms with Crippen LogP contribution in [-0.2, 0) is 19.5 Å². The first kappa shape index (κ1) is 26.7. The molecule has 2 aliphatic heterocycles. The minimum absolute atomic E-state index is 0.233. The van der Waals surface area contributed by atoms with Gasteiger partial charge in [0.1, 0.15) is 0 Å². The van der Waals surface area contributed by atoms with E-state index >= 15 is 0 Å². The van der Waals surface area contributed by atoms with Gasteiger partial charge in [0.05, 0.1) is 48.1 Å². The van der Waals surface area contributed by atoms with Gasteiger partial charge in [-0.3, -0.25) is 5.43 Å². The molecule has 2 N–H and O–H groups in total. The van der Waals surface area contributed by atoms with Crippen LogP contribution >= 0.6 is 23.6 Å². The van der Waals surface area contributed by atoms with Crippen molar-refractivity contribution in [2.24, 2.45) is 5.10 Å². The van der Waals surface area contributed by atoms with Gasteiger partial charge in [0, 0.05) is 37.4 Å². The van der Waals surface area contributed by atoms with E-state index in [4.69, 9.17) is 26.7 Å². The Kier molecular flexibility index (Phi) is 8.61. The second-order valence-electron chi connectivity index (χ2n) is 8.54. The molecule has 2 aromatic carbocycles. The van der Waals surface area contributed by atoms with Crippen LogP contribution in [0.4, 0.5) is 10.8 Å². The summed E-state index contributed by atoms with van der Waals surface area (Å²) < 4.78 is 37.8. The summed E-state index contributed by atoms with van der Waals surface area (Å²) in [5.74, 6) is 0. The smallest absolute Gasteiger partial charge is 0.243 e. The Hall–Kier alpha value is -2.94. The van der Waals surface area contributed by atoms with Gasteiger partial charge in [-0.25, -0.2) is 13.4 Å². The Bertz CT molecular complexity index is 1370. The van der Waals surface area contributed by atoms with Crippen LogP contribution in [0.2, 0.25) is 0 Å². The third kappa shape index (κ3) is 6.37. The van der Waals surface area contributed by atoms with Crippen LogP contribution in [-0.4, -0.2) is 81.6 Å². The highest BCUT2D eigenvalue weighted by Gasteiger charge is 2.26. The molecule has 0 aliphatic carbocycles. The van der Waals surface area contributed by atoms with Gasteiger partial charge in [-0.2, -0.15) is 9.41 Å². The Balaban J connectivity index is 1.23. The number of hydrazone groups is 1. The number of thiazole rings is 1. The molecule has 0 saturated carbocycles. The fraction of sp³-hybridized carbons (Fsp3) is 0.320. The van der Waals surface area contributed by atoms with E-state index in [2.05, 4.69) is 20.7 Å². The molecule has 2 fully saturated rings. The van der Waals surface area contributed by atoms with E-state index in [1.807, 2.05) is 30.3 Å². The summed E-state index contributed by atoms with van der Waals surface area (Å²) in [6, 6.07) is 16.5. The fourth-order valence-corrected chi connectivity index (χ4v) is 6.64. The molecule has 0 radical (unpaired) electrons. The molecule has 3 aromatic rings. The molecular weight excluding hydrogens is 545 g/mol. The minimum Gasteiger partial charge on any atom is -0.379 e. The lowest BCUT2D eigenvalue weighted by Gasteiger charge is -2.26. The first-order chi connectivity index (χ1) is 18.5. The van der Waals surface area contributed by atoms with E-state index in [1.54, 1.807) is 41.8 Å². The zero-order chi connectivity index (χ0) is 26.4. The maximum absolute atomic E-state index is 12.8. The number of thiocarbonyl (C=S) groups is 1. The number of ether oxygens (including phenoxy) is 2. The molecule has 3 heterocycles. The number of aromatic nitrogens is 1. The summed E-state index contributed by atoms with van der Waals surface area (Å²) in [5.41, 5.74) is 5.36. The molecule has 2 saturated heterocycles. The number of anilines is 2. The average Bonchev–Trinajstić information content (AvgIpc) is 3.39. The van der Waals surface area contributed by atoms with E-state index < -0.39 is 10.0 Å². The first-order valence-corrected chi connectivity index (χ1v) is 14.8. The van der Waals surface area contributed by atoms with Crippen molar-refractivity contribution in [3.8, 4) is 11.3 Å². The zero-order valence-electron chi connectivity index (χ0n) is 20.6. The third-order valence-corrected chi connectivity index (χ3v) is 9.20.